The zero-order valence-electron chi connectivity index (χ0n) is 15.2. The quantitative estimate of drug-likeness (QED) is 0.638. The third kappa shape index (κ3) is 2.97. The second kappa shape index (κ2) is 6.36. The number of aryl methyl sites for hydroxylation is 2. The molecule has 0 aromatic heterocycles. The minimum absolute atomic E-state index is 0.248. The predicted octanol–water partition coefficient (Wildman–Crippen LogP) is 5.66. The van der Waals surface area contributed by atoms with Crippen molar-refractivity contribution in [3.05, 3.63) is 94.6 Å². The molecule has 1 aliphatic rings. The number of carboxylic acids is 1. The van der Waals surface area contributed by atoms with Gasteiger partial charge in [-0.3, -0.25) is 5.41 Å². The standard InChI is InChI=1S/C24H19NO2/c1-14-11-15(2)20-8-7-18(13-19(20)12-14)22-10-9-21(23(22)25)16-3-5-17(6-4-16)24(26)27/h3-13,25H,1-2H3,(H,26,27). The van der Waals surface area contributed by atoms with Gasteiger partial charge in [0.2, 0.25) is 0 Å². The molecule has 0 bridgehead atoms. The number of carbonyl (C=O) groups is 1. The number of carboxylic acid groups (broad SMARTS) is 1. The molecule has 0 fully saturated rings. The lowest BCUT2D eigenvalue weighted by Gasteiger charge is -2.11. The fourth-order valence-corrected chi connectivity index (χ4v) is 3.67. The van der Waals surface area contributed by atoms with E-state index < -0.39 is 5.97 Å². The van der Waals surface area contributed by atoms with Gasteiger partial charge in [0.05, 0.1) is 11.3 Å². The molecule has 3 nitrogen and oxygen atoms in total. The average Bonchev–Trinajstić information content (AvgIpc) is 3.02. The van der Waals surface area contributed by atoms with E-state index in [1.807, 2.05) is 12.2 Å². The highest BCUT2D eigenvalue weighted by Crippen LogP contribution is 2.33. The fourth-order valence-electron chi connectivity index (χ4n) is 3.67. The number of benzene rings is 3. The third-order valence-corrected chi connectivity index (χ3v) is 5.01. The summed E-state index contributed by atoms with van der Waals surface area (Å²) >= 11 is 0. The average molecular weight is 353 g/mol. The summed E-state index contributed by atoms with van der Waals surface area (Å²) in [6.07, 6.45) is 3.89. The van der Waals surface area contributed by atoms with Crippen molar-refractivity contribution in [3.8, 4) is 0 Å². The molecule has 27 heavy (non-hydrogen) atoms. The second-order valence-corrected chi connectivity index (χ2v) is 6.94. The molecule has 2 N–H and O–H groups in total. The monoisotopic (exact) mass is 353 g/mol. The first kappa shape index (κ1) is 17.0. The smallest absolute Gasteiger partial charge is 0.335 e. The van der Waals surface area contributed by atoms with Crippen LogP contribution in [0.5, 0.6) is 0 Å². The molecule has 0 aliphatic heterocycles. The van der Waals surface area contributed by atoms with Gasteiger partial charge in [-0.2, -0.15) is 0 Å². The Morgan fingerprint density at radius 2 is 1.48 bits per heavy atom. The van der Waals surface area contributed by atoms with E-state index in [1.54, 1.807) is 24.3 Å². The molecule has 132 valence electrons. The van der Waals surface area contributed by atoms with Crippen LogP contribution in [0, 0.1) is 19.3 Å². The van der Waals surface area contributed by atoms with E-state index in [0.717, 1.165) is 22.3 Å². The first-order chi connectivity index (χ1) is 12.9. The van der Waals surface area contributed by atoms with Crippen LogP contribution in [0.25, 0.3) is 21.9 Å². The normalized spacial score (nSPS) is 13.6. The van der Waals surface area contributed by atoms with Gasteiger partial charge in [0.25, 0.3) is 0 Å². The summed E-state index contributed by atoms with van der Waals surface area (Å²) in [4.78, 5) is 11.0. The van der Waals surface area contributed by atoms with E-state index in [0.29, 0.717) is 5.71 Å². The van der Waals surface area contributed by atoms with E-state index in [2.05, 4.69) is 44.2 Å². The van der Waals surface area contributed by atoms with Crippen LogP contribution in [0.4, 0.5) is 0 Å². The van der Waals surface area contributed by atoms with E-state index in [-0.39, 0.29) is 5.56 Å². The van der Waals surface area contributed by atoms with Crippen LogP contribution in [0.1, 0.15) is 32.6 Å². The molecule has 0 amide bonds. The number of allylic oxidation sites excluding steroid dienone is 4. The first-order valence-electron chi connectivity index (χ1n) is 8.80. The molecule has 0 saturated carbocycles. The Labute approximate surface area is 157 Å². The van der Waals surface area contributed by atoms with Gasteiger partial charge in [-0.05, 0) is 59.5 Å². The van der Waals surface area contributed by atoms with Crippen LogP contribution in [0.2, 0.25) is 0 Å². The summed E-state index contributed by atoms with van der Waals surface area (Å²) in [6.45, 7) is 4.21. The number of nitrogens with one attached hydrogen (secondary N) is 1. The molecular weight excluding hydrogens is 334 g/mol. The molecule has 3 aromatic carbocycles. The molecule has 0 heterocycles. The number of hydrogen-bond acceptors (Lipinski definition) is 2. The summed E-state index contributed by atoms with van der Waals surface area (Å²) in [5.74, 6) is -0.947. The summed E-state index contributed by atoms with van der Waals surface area (Å²) in [6, 6.07) is 17.3. The van der Waals surface area contributed by atoms with Gasteiger partial charge in [-0.25, -0.2) is 4.79 Å². The van der Waals surface area contributed by atoms with Crippen LogP contribution in [-0.4, -0.2) is 16.8 Å². The Bertz CT molecular complexity index is 1160. The van der Waals surface area contributed by atoms with Crippen molar-refractivity contribution >= 4 is 33.6 Å². The van der Waals surface area contributed by atoms with Gasteiger partial charge in [0, 0.05) is 11.1 Å². The Kier molecular flexibility index (Phi) is 4.00. The van der Waals surface area contributed by atoms with Gasteiger partial charge in [-0.15, -0.1) is 0 Å². The van der Waals surface area contributed by atoms with Crippen LogP contribution in [0.15, 0.2) is 66.7 Å². The molecule has 0 unspecified atom stereocenters. The van der Waals surface area contributed by atoms with Crippen molar-refractivity contribution in [1.82, 2.24) is 0 Å². The maximum absolute atomic E-state index is 11.0. The van der Waals surface area contributed by atoms with Gasteiger partial charge >= 0.3 is 5.97 Å². The van der Waals surface area contributed by atoms with Gasteiger partial charge in [0.1, 0.15) is 0 Å². The Morgan fingerprint density at radius 3 is 2.15 bits per heavy atom. The maximum Gasteiger partial charge on any atom is 0.335 e. The number of hydrogen-bond donors (Lipinski definition) is 2. The molecule has 0 radical (unpaired) electrons. The predicted molar refractivity (Wildman–Crippen MR) is 111 cm³/mol. The molecule has 1 aliphatic carbocycles. The SMILES string of the molecule is Cc1cc(C)c2ccc(C3=CC=C(c4ccc(C(=O)O)cc4)C3=N)cc2c1. The third-order valence-electron chi connectivity index (χ3n) is 5.01. The van der Waals surface area contributed by atoms with Gasteiger partial charge in [0.15, 0.2) is 0 Å². The summed E-state index contributed by atoms with van der Waals surface area (Å²) in [5.41, 5.74) is 6.75. The Hall–Kier alpha value is -3.46. The van der Waals surface area contributed by atoms with Gasteiger partial charge < -0.3 is 5.11 Å². The van der Waals surface area contributed by atoms with Crippen molar-refractivity contribution in [2.45, 2.75) is 13.8 Å². The largest absolute Gasteiger partial charge is 0.478 e. The number of rotatable bonds is 3. The molecule has 4 rings (SSSR count). The Morgan fingerprint density at radius 1 is 0.852 bits per heavy atom. The molecular formula is C24H19NO2. The lowest BCUT2D eigenvalue weighted by molar-refractivity contribution is 0.0697. The van der Waals surface area contributed by atoms with Crippen LogP contribution in [0.3, 0.4) is 0 Å². The lowest BCUT2D eigenvalue weighted by atomic mass is 9.93. The van der Waals surface area contributed by atoms with Crippen LogP contribution < -0.4 is 0 Å². The minimum atomic E-state index is -0.947. The molecule has 0 spiro atoms. The van der Waals surface area contributed by atoms with Crippen molar-refractivity contribution in [2.75, 3.05) is 0 Å². The number of aromatic carboxylic acids is 1. The zero-order valence-corrected chi connectivity index (χ0v) is 15.2. The zero-order chi connectivity index (χ0) is 19.1. The minimum Gasteiger partial charge on any atom is -0.478 e. The fraction of sp³-hybridized carbons (Fsp3) is 0.0833. The maximum atomic E-state index is 11.0. The van der Waals surface area contributed by atoms with Crippen molar-refractivity contribution in [2.24, 2.45) is 0 Å². The summed E-state index contributed by atoms with van der Waals surface area (Å²) in [7, 11) is 0. The molecule has 0 saturated heterocycles. The first-order valence-corrected chi connectivity index (χ1v) is 8.80. The highest BCUT2D eigenvalue weighted by atomic mass is 16.4. The Balaban J connectivity index is 1.66. The van der Waals surface area contributed by atoms with Crippen LogP contribution >= 0.6 is 0 Å². The highest BCUT2D eigenvalue weighted by Gasteiger charge is 2.19. The summed E-state index contributed by atoms with van der Waals surface area (Å²) in [5, 5.41) is 20.1. The van der Waals surface area contributed by atoms with Gasteiger partial charge in [-0.1, -0.05) is 54.1 Å². The van der Waals surface area contributed by atoms with E-state index in [4.69, 9.17) is 10.5 Å². The topological polar surface area (TPSA) is 61.1 Å². The van der Waals surface area contributed by atoms with E-state index in [1.165, 1.54) is 21.9 Å². The molecule has 3 aromatic rings. The summed E-state index contributed by atoms with van der Waals surface area (Å²) < 4.78 is 0. The molecule has 3 heteroatoms. The van der Waals surface area contributed by atoms with Crippen LogP contribution in [-0.2, 0) is 0 Å². The highest BCUT2D eigenvalue weighted by molar-refractivity contribution is 6.46. The second-order valence-electron chi connectivity index (χ2n) is 6.94. The number of fused-ring (bicyclic) bond motifs is 1. The van der Waals surface area contributed by atoms with Crippen molar-refractivity contribution < 1.29 is 9.90 Å². The van der Waals surface area contributed by atoms with Crippen molar-refractivity contribution in [3.63, 3.8) is 0 Å². The van der Waals surface area contributed by atoms with Crippen molar-refractivity contribution in [1.29, 1.82) is 5.41 Å². The lowest BCUT2D eigenvalue weighted by Crippen LogP contribution is -2.01. The van der Waals surface area contributed by atoms with E-state index in [9.17, 15) is 4.79 Å². The molecule has 0 atom stereocenters. The van der Waals surface area contributed by atoms with E-state index >= 15 is 0 Å².